The van der Waals surface area contributed by atoms with Crippen molar-refractivity contribution in [2.75, 3.05) is 73.5 Å². The van der Waals surface area contributed by atoms with E-state index in [-0.39, 0.29) is 0 Å². The zero-order chi connectivity index (χ0) is 27.0. The lowest BCUT2D eigenvalue weighted by atomic mass is 10.0. The first-order valence-electron chi connectivity index (χ1n) is 16.9. The highest BCUT2D eigenvalue weighted by atomic mass is 15.2. The molecule has 1 unspecified atom stereocenters. The standard InChI is InChI=1S/C33H70N4/c1-6-8-10-11-12-13-14-15-16-17-18-23-33-24-32-37(30-9-7-2)31-22-28-35(4)26-20-19-25-34(3)27-21-29-36(33)5/h33H,6-32H2,1-5H3. The SMILES string of the molecule is CCCCCCCCCCCCCC1CCN(CCCC)CCCN(C)CCCCN(C)CCCN1C. The molecule has 37 heavy (non-hydrogen) atoms. The van der Waals surface area contributed by atoms with Crippen LogP contribution in [0.5, 0.6) is 0 Å². The van der Waals surface area contributed by atoms with Gasteiger partial charge in [-0.3, -0.25) is 0 Å². The molecule has 4 heteroatoms. The lowest BCUT2D eigenvalue weighted by Crippen LogP contribution is -2.38. The monoisotopic (exact) mass is 523 g/mol. The summed E-state index contributed by atoms with van der Waals surface area (Å²) < 4.78 is 0. The van der Waals surface area contributed by atoms with Gasteiger partial charge < -0.3 is 19.6 Å². The topological polar surface area (TPSA) is 13.0 Å². The average molecular weight is 523 g/mol. The number of rotatable bonds is 15. The molecule has 222 valence electrons. The summed E-state index contributed by atoms with van der Waals surface area (Å²) in [5.74, 6) is 0. The van der Waals surface area contributed by atoms with E-state index >= 15 is 0 Å². The number of hydrogen-bond donors (Lipinski definition) is 0. The summed E-state index contributed by atoms with van der Waals surface area (Å²) in [6.07, 6.45) is 26.6. The third-order valence-corrected chi connectivity index (χ3v) is 8.77. The lowest BCUT2D eigenvalue weighted by Gasteiger charge is -2.32. The van der Waals surface area contributed by atoms with Crippen LogP contribution in [0.2, 0.25) is 0 Å². The Labute approximate surface area is 234 Å². The fourth-order valence-corrected chi connectivity index (χ4v) is 6.00. The fraction of sp³-hybridized carbons (Fsp3) is 1.00. The number of nitrogens with zero attached hydrogens (tertiary/aromatic N) is 4. The summed E-state index contributed by atoms with van der Waals surface area (Å²) in [7, 11) is 7.07. The molecule has 0 aromatic heterocycles. The third-order valence-electron chi connectivity index (χ3n) is 8.77. The molecule has 0 bridgehead atoms. The highest BCUT2D eigenvalue weighted by Crippen LogP contribution is 2.17. The molecule has 1 aliphatic rings. The van der Waals surface area contributed by atoms with E-state index < -0.39 is 0 Å². The second-order valence-corrected chi connectivity index (χ2v) is 12.5. The molecule has 0 aromatic rings. The van der Waals surface area contributed by atoms with Crippen molar-refractivity contribution in [3.05, 3.63) is 0 Å². The van der Waals surface area contributed by atoms with Crippen molar-refractivity contribution in [1.82, 2.24) is 19.6 Å². The quantitative estimate of drug-likeness (QED) is 0.202. The van der Waals surface area contributed by atoms with Gasteiger partial charge in [0, 0.05) is 6.04 Å². The molecular formula is C33H70N4. The maximum Gasteiger partial charge on any atom is 0.0104 e. The molecule has 0 saturated carbocycles. The highest BCUT2D eigenvalue weighted by Gasteiger charge is 2.17. The summed E-state index contributed by atoms with van der Waals surface area (Å²) in [4.78, 5) is 10.7. The van der Waals surface area contributed by atoms with E-state index in [4.69, 9.17) is 0 Å². The molecule has 1 aliphatic heterocycles. The van der Waals surface area contributed by atoms with Crippen LogP contribution in [0.25, 0.3) is 0 Å². The Balaban J connectivity index is 2.49. The van der Waals surface area contributed by atoms with Crippen molar-refractivity contribution in [3.63, 3.8) is 0 Å². The van der Waals surface area contributed by atoms with Crippen LogP contribution in [0.15, 0.2) is 0 Å². The van der Waals surface area contributed by atoms with Crippen LogP contribution in [0, 0.1) is 0 Å². The minimum absolute atomic E-state index is 0.756. The summed E-state index contributed by atoms with van der Waals surface area (Å²) >= 11 is 0. The Morgan fingerprint density at radius 3 is 1.54 bits per heavy atom. The predicted octanol–water partition coefficient (Wildman–Crippen LogP) is 7.92. The molecule has 0 spiro atoms. The van der Waals surface area contributed by atoms with Crippen LogP contribution in [0.3, 0.4) is 0 Å². The van der Waals surface area contributed by atoms with Crippen molar-refractivity contribution in [1.29, 1.82) is 0 Å². The Morgan fingerprint density at radius 1 is 0.486 bits per heavy atom. The van der Waals surface area contributed by atoms with Gasteiger partial charge in [0.05, 0.1) is 0 Å². The molecule has 1 heterocycles. The van der Waals surface area contributed by atoms with Crippen molar-refractivity contribution in [2.24, 2.45) is 0 Å². The lowest BCUT2D eigenvalue weighted by molar-refractivity contribution is 0.170. The van der Waals surface area contributed by atoms with Crippen LogP contribution < -0.4 is 0 Å². The van der Waals surface area contributed by atoms with Gasteiger partial charge in [0.25, 0.3) is 0 Å². The molecular weight excluding hydrogens is 452 g/mol. The van der Waals surface area contributed by atoms with Crippen molar-refractivity contribution in [3.8, 4) is 0 Å². The number of hydrogen-bond acceptors (Lipinski definition) is 4. The van der Waals surface area contributed by atoms with E-state index in [1.54, 1.807) is 0 Å². The largest absolute Gasteiger partial charge is 0.306 e. The molecule has 1 rings (SSSR count). The average Bonchev–Trinajstić information content (AvgIpc) is 2.89. The molecule has 0 amide bonds. The van der Waals surface area contributed by atoms with Gasteiger partial charge in [0.15, 0.2) is 0 Å². The molecule has 0 radical (unpaired) electrons. The van der Waals surface area contributed by atoms with Crippen molar-refractivity contribution in [2.45, 2.75) is 142 Å². The second kappa shape index (κ2) is 24.9. The van der Waals surface area contributed by atoms with Crippen molar-refractivity contribution < 1.29 is 0 Å². The first-order valence-corrected chi connectivity index (χ1v) is 16.9. The maximum atomic E-state index is 2.80. The van der Waals surface area contributed by atoms with E-state index in [1.807, 2.05) is 0 Å². The number of unbranched alkanes of at least 4 members (excludes halogenated alkanes) is 11. The third kappa shape index (κ3) is 20.4. The summed E-state index contributed by atoms with van der Waals surface area (Å²) in [6.45, 7) is 14.8. The highest BCUT2D eigenvalue weighted by molar-refractivity contribution is 4.73. The minimum atomic E-state index is 0.756. The van der Waals surface area contributed by atoms with Crippen LogP contribution in [0.4, 0.5) is 0 Å². The van der Waals surface area contributed by atoms with E-state index in [1.165, 1.54) is 174 Å². The van der Waals surface area contributed by atoms with E-state index in [2.05, 4.69) is 54.6 Å². The molecule has 1 atom stereocenters. The van der Waals surface area contributed by atoms with E-state index in [0.29, 0.717) is 0 Å². The minimum Gasteiger partial charge on any atom is -0.306 e. The fourth-order valence-electron chi connectivity index (χ4n) is 6.00. The summed E-state index contributed by atoms with van der Waals surface area (Å²) in [5, 5.41) is 0. The van der Waals surface area contributed by atoms with Gasteiger partial charge in [0.2, 0.25) is 0 Å². The van der Waals surface area contributed by atoms with Gasteiger partial charge in [-0.2, -0.15) is 0 Å². The van der Waals surface area contributed by atoms with Gasteiger partial charge in [-0.1, -0.05) is 90.9 Å². The van der Waals surface area contributed by atoms with Gasteiger partial charge in [0.1, 0.15) is 0 Å². The zero-order valence-electron chi connectivity index (χ0n) is 26.5. The summed E-state index contributed by atoms with van der Waals surface area (Å²) in [6, 6.07) is 0.756. The molecule has 0 aromatic carbocycles. The first kappa shape index (κ1) is 34.9. The zero-order valence-corrected chi connectivity index (χ0v) is 26.5. The molecule has 1 fully saturated rings. The smallest absolute Gasteiger partial charge is 0.0104 e. The van der Waals surface area contributed by atoms with Gasteiger partial charge in [-0.15, -0.1) is 0 Å². The van der Waals surface area contributed by atoms with Crippen LogP contribution in [-0.2, 0) is 0 Å². The first-order chi connectivity index (χ1) is 18.1. The normalized spacial score (nSPS) is 21.8. The van der Waals surface area contributed by atoms with Crippen LogP contribution in [-0.4, -0.2) is 99.1 Å². The molecule has 0 aliphatic carbocycles. The van der Waals surface area contributed by atoms with Crippen LogP contribution in [0.1, 0.15) is 136 Å². The molecule has 4 nitrogen and oxygen atoms in total. The Kier molecular flexibility index (Phi) is 23.4. The Hall–Kier alpha value is -0.160. The Morgan fingerprint density at radius 2 is 0.973 bits per heavy atom. The van der Waals surface area contributed by atoms with Gasteiger partial charge >= 0.3 is 0 Å². The van der Waals surface area contributed by atoms with E-state index in [9.17, 15) is 0 Å². The maximum absolute atomic E-state index is 2.80. The Bertz CT molecular complexity index is 471. The molecule has 1 saturated heterocycles. The van der Waals surface area contributed by atoms with Gasteiger partial charge in [-0.05, 0) is 118 Å². The predicted molar refractivity (Wildman–Crippen MR) is 167 cm³/mol. The molecule has 0 N–H and O–H groups in total. The van der Waals surface area contributed by atoms with Crippen molar-refractivity contribution >= 4 is 0 Å². The van der Waals surface area contributed by atoms with Crippen LogP contribution >= 0.6 is 0 Å². The second-order valence-electron chi connectivity index (χ2n) is 12.5. The van der Waals surface area contributed by atoms with Gasteiger partial charge in [-0.25, -0.2) is 0 Å². The van der Waals surface area contributed by atoms with E-state index in [0.717, 1.165) is 6.04 Å². The summed E-state index contributed by atoms with van der Waals surface area (Å²) in [5.41, 5.74) is 0.